The van der Waals surface area contributed by atoms with Gasteiger partial charge in [-0.25, -0.2) is 0 Å². The van der Waals surface area contributed by atoms with Gasteiger partial charge in [-0.15, -0.1) is 0 Å². The number of carbonyl (C=O) groups excluding carboxylic acids is 4. The number of amides is 2. The van der Waals surface area contributed by atoms with Crippen LogP contribution in [-0.4, -0.2) is 65.7 Å². The number of nitrogens with one attached hydrogen (secondary N) is 2. The SMILES string of the molecule is CNC(=O)CCC(C=O)N(C)C(=O)c1c(C=O)cccc1NCCCCCCCCn1nc(C)c2ccccc21. The Bertz CT molecular complexity index is 1300. The number of benzene rings is 2. The van der Waals surface area contributed by atoms with Crippen molar-refractivity contribution in [2.24, 2.45) is 0 Å². The van der Waals surface area contributed by atoms with Crippen LogP contribution in [0.3, 0.4) is 0 Å². The zero-order valence-corrected chi connectivity index (χ0v) is 23.8. The predicted molar refractivity (Wildman–Crippen MR) is 158 cm³/mol. The number of nitrogens with zero attached hydrogens (tertiary/aromatic N) is 3. The summed E-state index contributed by atoms with van der Waals surface area (Å²) in [5, 5.41) is 11.7. The molecule has 1 unspecified atom stereocenters. The second-order valence-corrected chi connectivity index (χ2v) is 10.1. The minimum absolute atomic E-state index is 0.123. The van der Waals surface area contributed by atoms with E-state index in [0.29, 0.717) is 24.8 Å². The molecule has 2 N–H and O–H groups in total. The Hall–Kier alpha value is -4.01. The number of hydrogen-bond donors (Lipinski definition) is 2. The Kier molecular flexibility index (Phi) is 11.9. The highest BCUT2D eigenvalue weighted by Gasteiger charge is 2.25. The molecule has 3 aromatic rings. The van der Waals surface area contributed by atoms with Gasteiger partial charge >= 0.3 is 0 Å². The number of aromatic nitrogens is 2. The summed E-state index contributed by atoms with van der Waals surface area (Å²) in [4.78, 5) is 49.6. The summed E-state index contributed by atoms with van der Waals surface area (Å²) >= 11 is 0. The van der Waals surface area contributed by atoms with Gasteiger partial charge in [0.1, 0.15) is 6.29 Å². The number of aldehydes is 2. The highest BCUT2D eigenvalue weighted by Crippen LogP contribution is 2.23. The highest BCUT2D eigenvalue weighted by molar-refractivity contribution is 6.06. The fraction of sp³-hybridized carbons (Fsp3) is 0.452. The third-order valence-corrected chi connectivity index (χ3v) is 7.31. The maximum Gasteiger partial charge on any atom is 0.257 e. The van der Waals surface area contributed by atoms with Gasteiger partial charge in [0, 0.05) is 50.2 Å². The molecule has 1 heterocycles. The minimum Gasteiger partial charge on any atom is -0.384 e. The van der Waals surface area contributed by atoms with Crippen LogP contribution in [0.1, 0.15) is 77.8 Å². The maximum atomic E-state index is 13.3. The van der Waals surface area contributed by atoms with Crippen LogP contribution >= 0.6 is 0 Å². The predicted octanol–water partition coefficient (Wildman–Crippen LogP) is 4.78. The van der Waals surface area contributed by atoms with Crippen LogP contribution in [0.2, 0.25) is 0 Å². The molecular weight excluding hydrogens is 506 g/mol. The van der Waals surface area contributed by atoms with Gasteiger partial charge in [-0.05, 0) is 38.3 Å². The zero-order valence-electron chi connectivity index (χ0n) is 23.8. The van der Waals surface area contributed by atoms with E-state index in [-0.39, 0.29) is 29.9 Å². The van der Waals surface area contributed by atoms with E-state index in [1.54, 1.807) is 18.2 Å². The first-order chi connectivity index (χ1) is 19.4. The van der Waals surface area contributed by atoms with Crippen molar-refractivity contribution in [3.63, 3.8) is 0 Å². The van der Waals surface area contributed by atoms with Crippen molar-refractivity contribution in [3.05, 3.63) is 59.3 Å². The van der Waals surface area contributed by atoms with Crippen LogP contribution in [-0.2, 0) is 16.1 Å². The number of para-hydroxylation sites is 1. The summed E-state index contributed by atoms with van der Waals surface area (Å²) < 4.78 is 2.11. The molecule has 0 bridgehead atoms. The molecule has 2 amide bonds. The number of anilines is 1. The zero-order chi connectivity index (χ0) is 28.9. The molecular formula is C31H41N5O4. The Balaban J connectivity index is 1.44. The van der Waals surface area contributed by atoms with Crippen molar-refractivity contribution in [1.29, 1.82) is 0 Å². The number of likely N-dealkylation sites (N-methyl/N-ethyl adjacent to an activating group) is 1. The monoisotopic (exact) mass is 547 g/mol. The smallest absolute Gasteiger partial charge is 0.257 e. The lowest BCUT2D eigenvalue weighted by molar-refractivity contribution is -0.121. The van der Waals surface area contributed by atoms with Gasteiger partial charge in [0.15, 0.2) is 6.29 Å². The van der Waals surface area contributed by atoms with Gasteiger partial charge < -0.3 is 20.3 Å². The number of unbranched alkanes of at least 4 members (excludes halogenated alkanes) is 5. The van der Waals surface area contributed by atoms with Crippen LogP contribution in [0, 0.1) is 6.92 Å². The molecule has 3 rings (SSSR count). The van der Waals surface area contributed by atoms with Gasteiger partial charge in [-0.3, -0.25) is 19.1 Å². The molecule has 1 atom stereocenters. The van der Waals surface area contributed by atoms with Gasteiger partial charge in [0.05, 0.1) is 22.8 Å². The molecule has 40 heavy (non-hydrogen) atoms. The molecule has 0 aliphatic rings. The molecule has 0 radical (unpaired) electrons. The minimum atomic E-state index is -0.770. The van der Waals surface area contributed by atoms with Crippen molar-refractivity contribution in [2.45, 2.75) is 70.9 Å². The summed E-state index contributed by atoms with van der Waals surface area (Å²) in [7, 11) is 3.04. The maximum absolute atomic E-state index is 13.3. The molecule has 0 saturated carbocycles. The molecule has 1 aromatic heterocycles. The molecule has 9 nitrogen and oxygen atoms in total. The standard InChI is InChI=1S/C31H41N5O4/c1-23-26-14-8-9-16-28(26)36(34-23)20-11-7-5-4-6-10-19-33-27-15-12-13-24(21-37)30(27)31(40)35(3)25(22-38)17-18-29(39)32-2/h8-9,12-16,21-22,25,33H,4-7,10-11,17-20H2,1-3H3,(H,32,39). The van der Waals surface area contributed by atoms with Crippen LogP contribution in [0.4, 0.5) is 5.69 Å². The van der Waals surface area contributed by atoms with E-state index in [4.69, 9.17) is 0 Å². The molecule has 0 aliphatic heterocycles. The van der Waals surface area contributed by atoms with Crippen molar-refractivity contribution in [3.8, 4) is 0 Å². The normalized spacial score (nSPS) is 11.7. The Morgan fingerprint density at radius 2 is 1.73 bits per heavy atom. The lowest BCUT2D eigenvalue weighted by atomic mass is 10.0. The van der Waals surface area contributed by atoms with E-state index in [1.165, 1.54) is 29.9 Å². The van der Waals surface area contributed by atoms with Crippen LogP contribution in [0.15, 0.2) is 42.5 Å². The summed E-state index contributed by atoms with van der Waals surface area (Å²) in [5.74, 6) is -0.635. The summed E-state index contributed by atoms with van der Waals surface area (Å²) in [5.41, 5.74) is 3.34. The highest BCUT2D eigenvalue weighted by atomic mass is 16.2. The average Bonchev–Trinajstić information content (AvgIpc) is 3.30. The van der Waals surface area contributed by atoms with Gasteiger partial charge in [0.2, 0.25) is 5.91 Å². The lowest BCUT2D eigenvalue weighted by Gasteiger charge is -2.25. The Labute approximate surface area is 236 Å². The number of rotatable bonds is 17. The second-order valence-electron chi connectivity index (χ2n) is 10.1. The first kappa shape index (κ1) is 30.5. The fourth-order valence-corrected chi connectivity index (χ4v) is 4.92. The van der Waals surface area contributed by atoms with Crippen LogP contribution in [0.5, 0.6) is 0 Å². The van der Waals surface area contributed by atoms with Gasteiger partial charge in [0.25, 0.3) is 5.91 Å². The van der Waals surface area contributed by atoms with E-state index in [0.717, 1.165) is 50.8 Å². The van der Waals surface area contributed by atoms with Crippen LogP contribution < -0.4 is 10.6 Å². The van der Waals surface area contributed by atoms with E-state index in [1.807, 2.05) is 6.07 Å². The summed E-state index contributed by atoms with van der Waals surface area (Å²) in [6.45, 7) is 3.64. The molecule has 0 saturated heterocycles. The fourth-order valence-electron chi connectivity index (χ4n) is 4.92. The third-order valence-electron chi connectivity index (χ3n) is 7.31. The Morgan fingerprint density at radius 1 is 1.00 bits per heavy atom. The Morgan fingerprint density at radius 3 is 2.45 bits per heavy atom. The molecule has 2 aromatic carbocycles. The third kappa shape index (κ3) is 8.00. The molecule has 9 heteroatoms. The summed E-state index contributed by atoms with van der Waals surface area (Å²) in [6.07, 6.45) is 8.13. The number of aryl methyl sites for hydroxylation is 2. The van der Waals surface area contributed by atoms with E-state index in [2.05, 4.69) is 45.5 Å². The molecule has 0 spiro atoms. The largest absolute Gasteiger partial charge is 0.384 e. The number of carbonyl (C=O) groups is 4. The quantitative estimate of drug-likeness (QED) is 0.186. The molecule has 214 valence electrons. The number of fused-ring (bicyclic) bond motifs is 1. The summed E-state index contributed by atoms with van der Waals surface area (Å²) in [6, 6.07) is 12.7. The lowest BCUT2D eigenvalue weighted by Crippen LogP contribution is -2.39. The number of hydrogen-bond acceptors (Lipinski definition) is 6. The van der Waals surface area contributed by atoms with Crippen molar-refractivity contribution >= 4 is 41.0 Å². The van der Waals surface area contributed by atoms with E-state index in [9.17, 15) is 19.2 Å². The van der Waals surface area contributed by atoms with Crippen molar-refractivity contribution in [2.75, 3.05) is 26.0 Å². The van der Waals surface area contributed by atoms with E-state index < -0.39 is 11.9 Å². The second kappa shape index (κ2) is 15.5. The first-order valence-corrected chi connectivity index (χ1v) is 14.1. The van der Waals surface area contributed by atoms with Gasteiger partial charge in [-0.2, -0.15) is 5.10 Å². The molecule has 0 aliphatic carbocycles. The topological polar surface area (TPSA) is 113 Å². The van der Waals surface area contributed by atoms with Crippen molar-refractivity contribution in [1.82, 2.24) is 20.0 Å². The van der Waals surface area contributed by atoms with Crippen molar-refractivity contribution < 1.29 is 19.2 Å². The average molecular weight is 548 g/mol. The molecule has 0 fully saturated rings. The van der Waals surface area contributed by atoms with E-state index >= 15 is 0 Å². The van der Waals surface area contributed by atoms with Crippen LogP contribution in [0.25, 0.3) is 10.9 Å². The van der Waals surface area contributed by atoms with Gasteiger partial charge in [-0.1, -0.05) is 56.0 Å². The first-order valence-electron chi connectivity index (χ1n) is 14.1.